The summed E-state index contributed by atoms with van der Waals surface area (Å²) in [6.45, 7) is 6.44. The summed E-state index contributed by atoms with van der Waals surface area (Å²) >= 11 is 0. The largest absolute Gasteiger partial charge is 0.449 e. The molecule has 0 N–H and O–H groups in total. The summed E-state index contributed by atoms with van der Waals surface area (Å²) in [6.07, 6.45) is 3.31. The van der Waals surface area contributed by atoms with E-state index in [2.05, 4.69) is 25.8 Å². The summed E-state index contributed by atoms with van der Waals surface area (Å²) in [4.78, 5) is 4.07. The van der Waals surface area contributed by atoms with Crippen LogP contribution in [0, 0.1) is 5.92 Å². The highest BCUT2D eigenvalue weighted by atomic mass is 16.3. The molecule has 0 amide bonds. The van der Waals surface area contributed by atoms with Crippen LogP contribution in [0.15, 0.2) is 16.9 Å². The number of rotatable bonds is 2. The number of nitrogens with zero attached hydrogens (tertiary/aromatic N) is 1. The lowest BCUT2D eigenvalue weighted by molar-refractivity contribution is 0.400. The second-order valence-electron chi connectivity index (χ2n) is 2.90. The summed E-state index contributed by atoms with van der Waals surface area (Å²) in [7, 11) is 0. The normalized spacial score (nSPS) is 14.0. The Balaban J connectivity index is 2.68. The van der Waals surface area contributed by atoms with Crippen molar-refractivity contribution in [3.05, 3.63) is 18.4 Å². The summed E-state index contributed by atoms with van der Waals surface area (Å²) < 4.78 is 5.15. The van der Waals surface area contributed by atoms with Crippen molar-refractivity contribution in [2.24, 2.45) is 5.92 Å². The Morgan fingerprint density at radius 2 is 2.10 bits per heavy atom. The van der Waals surface area contributed by atoms with Gasteiger partial charge in [-0.3, -0.25) is 0 Å². The fraction of sp³-hybridized carbons (Fsp3) is 0.625. The molecule has 2 heteroatoms. The van der Waals surface area contributed by atoms with Gasteiger partial charge in [-0.1, -0.05) is 20.8 Å². The van der Waals surface area contributed by atoms with Crippen molar-refractivity contribution in [3.63, 3.8) is 0 Å². The maximum Gasteiger partial charge on any atom is 0.197 e. The summed E-state index contributed by atoms with van der Waals surface area (Å²) in [6, 6.07) is 0. The zero-order valence-electron chi connectivity index (χ0n) is 6.66. The molecule has 0 bridgehead atoms. The van der Waals surface area contributed by atoms with E-state index in [4.69, 9.17) is 4.42 Å². The average molecular weight is 139 g/mol. The molecule has 0 radical (unpaired) electrons. The zero-order chi connectivity index (χ0) is 7.56. The highest BCUT2D eigenvalue weighted by molar-refractivity contribution is 4.90. The summed E-state index contributed by atoms with van der Waals surface area (Å²) in [5.74, 6) is 1.86. The van der Waals surface area contributed by atoms with Gasteiger partial charge in [-0.05, 0) is 5.92 Å². The first-order chi connectivity index (χ1) is 4.72. The molecule has 1 aromatic rings. The van der Waals surface area contributed by atoms with Gasteiger partial charge < -0.3 is 4.42 Å². The van der Waals surface area contributed by atoms with Crippen LogP contribution in [0.1, 0.15) is 32.6 Å². The van der Waals surface area contributed by atoms with Crippen molar-refractivity contribution in [1.29, 1.82) is 0 Å². The minimum absolute atomic E-state index is 0.426. The van der Waals surface area contributed by atoms with E-state index in [0.717, 1.165) is 5.89 Å². The molecule has 1 atom stereocenters. The van der Waals surface area contributed by atoms with Gasteiger partial charge in [-0.25, -0.2) is 4.98 Å². The average Bonchev–Trinajstić information content (AvgIpc) is 2.36. The number of oxazole rings is 1. The van der Waals surface area contributed by atoms with E-state index in [0.29, 0.717) is 11.8 Å². The molecular formula is C8H13NO. The van der Waals surface area contributed by atoms with E-state index in [1.165, 1.54) is 0 Å². The van der Waals surface area contributed by atoms with Crippen LogP contribution < -0.4 is 0 Å². The van der Waals surface area contributed by atoms with Crippen LogP contribution in [0.4, 0.5) is 0 Å². The maximum absolute atomic E-state index is 5.15. The van der Waals surface area contributed by atoms with Gasteiger partial charge in [-0.15, -0.1) is 0 Å². The molecule has 2 nitrogen and oxygen atoms in total. The molecule has 0 spiro atoms. The van der Waals surface area contributed by atoms with E-state index in [9.17, 15) is 0 Å². The molecule has 0 fully saturated rings. The van der Waals surface area contributed by atoms with Gasteiger partial charge in [0.15, 0.2) is 5.89 Å². The SMILES string of the molecule is CC(C)[C@@H](C)c1ncco1. The Morgan fingerprint density at radius 3 is 2.50 bits per heavy atom. The molecule has 0 saturated heterocycles. The Bertz CT molecular complexity index is 179. The molecule has 0 aromatic carbocycles. The third-order valence-corrected chi connectivity index (χ3v) is 1.84. The standard InChI is InChI=1S/C8H13NO/c1-6(2)7(3)8-9-4-5-10-8/h4-7H,1-3H3/t7-/m1/s1. The third kappa shape index (κ3) is 1.38. The monoisotopic (exact) mass is 139 g/mol. The molecule has 1 aromatic heterocycles. The summed E-state index contributed by atoms with van der Waals surface area (Å²) in [5.41, 5.74) is 0. The highest BCUT2D eigenvalue weighted by Gasteiger charge is 2.12. The lowest BCUT2D eigenvalue weighted by atomic mass is 9.98. The smallest absolute Gasteiger partial charge is 0.197 e. The first-order valence-corrected chi connectivity index (χ1v) is 3.61. The van der Waals surface area contributed by atoms with E-state index in [1.807, 2.05) is 0 Å². The molecule has 10 heavy (non-hydrogen) atoms. The van der Waals surface area contributed by atoms with Crippen LogP contribution in [-0.4, -0.2) is 4.98 Å². The van der Waals surface area contributed by atoms with Crippen molar-refractivity contribution in [3.8, 4) is 0 Å². The predicted octanol–water partition coefficient (Wildman–Crippen LogP) is 2.43. The third-order valence-electron chi connectivity index (χ3n) is 1.84. The molecule has 0 saturated carbocycles. The molecule has 0 aliphatic rings. The van der Waals surface area contributed by atoms with Crippen LogP contribution in [0.3, 0.4) is 0 Å². The van der Waals surface area contributed by atoms with Crippen LogP contribution in [0.5, 0.6) is 0 Å². The van der Waals surface area contributed by atoms with E-state index < -0.39 is 0 Å². The Labute approximate surface area is 61.3 Å². The van der Waals surface area contributed by atoms with Crippen molar-refractivity contribution in [1.82, 2.24) is 4.98 Å². The van der Waals surface area contributed by atoms with Gasteiger partial charge >= 0.3 is 0 Å². The van der Waals surface area contributed by atoms with Crippen LogP contribution >= 0.6 is 0 Å². The number of hydrogen-bond donors (Lipinski definition) is 0. The van der Waals surface area contributed by atoms with Gasteiger partial charge in [0.05, 0.1) is 6.20 Å². The second-order valence-corrected chi connectivity index (χ2v) is 2.90. The molecule has 0 unspecified atom stereocenters. The van der Waals surface area contributed by atoms with Crippen LogP contribution in [0.2, 0.25) is 0 Å². The Kier molecular flexibility index (Phi) is 2.10. The van der Waals surface area contributed by atoms with Crippen molar-refractivity contribution >= 4 is 0 Å². The molecular weight excluding hydrogens is 126 g/mol. The minimum atomic E-state index is 0.426. The van der Waals surface area contributed by atoms with Crippen LogP contribution in [0.25, 0.3) is 0 Å². The first-order valence-electron chi connectivity index (χ1n) is 3.61. The molecule has 56 valence electrons. The van der Waals surface area contributed by atoms with Crippen molar-refractivity contribution < 1.29 is 4.42 Å². The molecule has 0 aliphatic heterocycles. The quantitative estimate of drug-likeness (QED) is 0.629. The molecule has 0 aliphatic carbocycles. The topological polar surface area (TPSA) is 26.0 Å². The van der Waals surface area contributed by atoms with Gasteiger partial charge in [0, 0.05) is 5.92 Å². The number of aromatic nitrogens is 1. The van der Waals surface area contributed by atoms with Crippen LogP contribution in [-0.2, 0) is 0 Å². The Morgan fingerprint density at radius 1 is 1.40 bits per heavy atom. The fourth-order valence-corrected chi connectivity index (χ4v) is 0.745. The minimum Gasteiger partial charge on any atom is -0.449 e. The molecule has 1 heterocycles. The maximum atomic E-state index is 5.15. The second kappa shape index (κ2) is 2.86. The first kappa shape index (κ1) is 7.32. The fourth-order valence-electron chi connectivity index (χ4n) is 0.745. The predicted molar refractivity (Wildman–Crippen MR) is 39.8 cm³/mol. The van der Waals surface area contributed by atoms with E-state index in [1.54, 1.807) is 12.5 Å². The van der Waals surface area contributed by atoms with Gasteiger partial charge in [-0.2, -0.15) is 0 Å². The van der Waals surface area contributed by atoms with Crippen molar-refractivity contribution in [2.45, 2.75) is 26.7 Å². The van der Waals surface area contributed by atoms with E-state index >= 15 is 0 Å². The number of hydrogen-bond acceptors (Lipinski definition) is 2. The lowest BCUT2D eigenvalue weighted by Gasteiger charge is -2.09. The molecule has 1 rings (SSSR count). The Hall–Kier alpha value is -0.790. The lowest BCUT2D eigenvalue weighted by Crippen LogP contribution is -2.01. The highest BCUT2D eigenvalue weighted by Crippen LogP contribution is 2.20. The van der Waals surface area contributed by atoms with Crippen molar-refractivity contribution in [2.75, 3.05) is 0 Å². The summed E-state index contributed by atoms with van der Waals surface area (Å²) in [5, 5.41) is 0. The van der Waals surface area contributed by atoms with E-state index in [-0.39, 0.29) is 0 Å². The van der Waals surface area contributed by atoms with Gasteiger partial charge in [0.25, 0.3) is 0 Å². The van der Waals surface area contributed by atoms with Gasteiger partial charge in [0.1, 0.15) is 6.26 Å². The van der Waals surface area contributed by atoms with Gasteiger partial charge in [0.2, 0.25) is 0 Å². The zero-order valence-corrected chi connectivity index (χ0v) is 6.66.